The lowest BCUT2D eigenvalue weighted by molar-refractivity contribution is 0.000411. The Labute approximate surface area is 58.1 Å². The van der Waals surface area contributed by atoms with Gasteiger partial charge in [-0.15, -0.1) is 0 Å². The van der Waals surface area contributed by atoms with E-state index in [2.05, 4.69) is 6.92 Å². The van der Waals surface area contributed by atoms with Crippen LogP contribution in [-0.2, 0) is 5.11 Å². The van der Waals surface area contributed by atoms with Crippen LogP contribution in [0.15, 0.2) is 0 Å². The van der Waals surface area contributed by atoms with E-state index in [4.69, 9.17) is 0 Å². The third-order valence-corrected chi connectivity index (χ3v) is 1.99. The van der Waals surface area contributed by atoms with Gasteiger partial charge in [-0.3, -0.25) is 0 Å². The second kappa shape index (κ2) is 3.21. The third kappa shape index (κ3) is 2.85. The molecule has 0 saturated heterocycles. The molecule has 0 aromatic rings. The lowest BCUT2D eigenvalue weighted by atomic mass is 9.83. The molecule has 1 heteroatoms. The van der Waals surface area contributed by atoms with Gasteiger partial charge in [0.05, 0.1) is 6.10 Å². The molecule has 0 N–H and O–H groups in total. The average molecular weight is 129 g/mol. The molecule has 0 aliphatic rings. The minimum Gasteiger partial charge on any atom is -0.233 e. The summed E-state index contributed by atoms with van der Waals surface area (Å²) in [5, 5.41) is 10.9. The molecular formula is C8H17O. The Morgan fingerprint density at radius 3 is 2.00 bits per heavy atom. The van der Waals surface area contributed by atoms with E-state index >= 15 is 0 Å². The van der Waals surface area contributed by atoms with E-state index in [0.29, 0.717) is 0 Å². The Morgan fingerprint density at radius 2 is 1.89 bits per heavy atom. The molecule has 0 heterocycles. The number of rotatable bonds is 3. The third-order valence-electron chi connectivity index (χ3n) is 1.99. The van der Waals surface area contributed by atoms with Crippen LogP contribution in [0.2, 0.25) is 0 Å². The number of hydrogen-bond acceptors (Lipinski definition) is 0. The summed E-state index contributed by atoms with van der Waals surface area (Å²) in [6.07, 6.45) is 1.72. The molecule has 0 spiro atoms. The summed E-state index contributed by atoms with van der Waals surface area (Å²) in [5.41, 5.74) is -0.00521. The highest BCUT2D eigenvalue weighted by Crippen LogP contribution is 2.26. The van der Waals surface area contributed by atoms with Gasteiger partial charge in [-0.05, 0) is 18.8 Å². The maximum Gasteiger partial charge on any atom is 0.0952 e. The molecule has 1 unspecified atom stereocenters. The average Bonchev–Trinajstić information content (AvgIpc) is 1.65. The van der Waals surface area contributed by atoms with Gasteiger partial charge in [0.1, 0.15) is 0 Å². The monoisotopic (exact) mass is 129 g/mol. The van der Waals surface area contributed by atoms with Crippen molar-refractivity contribution in [1.29, 1.82) is 0 Å². The van der Waals surface area contributed by atoms with Crippen LogP contribution in [0.5, 0.6) is 0 Å². The van der Waals surface area contributed by atoms with Crippen LogP contribution < -0.4 is 0 Å². The minimum atomic E-state index is -0.433. The summed E-state index contributed by atoms with van der Waals surface area (Å²) in [5.74, 6) is 0. The van der Waals surface area contributed by atoms with Crippen molar-refractivity contribution in [3.8, 4) is 0 Å². The highest BCUT2D eigenvalue weighted by molar-refractivity contribution is 4.72. The second-order valence-electron chi connectivity index (χ2n) is 3.38. The van der Waals surface area contributed by atoms with Crippen LogP contribution >= 0.6 is 0 Å². The second-order valence-corrected chi connectivity index (χ2v) is 3.38. The SMILES string of the molecule is CCCC(C)(C)C(C)[O]. The normalized spacial score (nSPS) is 15.7. The van der Waals surface area contributed by atoms with Crippen molar-refractivity contribution in [2.75, 3.05) is 0 Å². The molecule has 0 bridgehead atoms. The highest BCUT2D eigenvalue weighted by atomic mass is 16.3. The van der Waals surface area contributed by atoms with Gasteiger partial charge in [-0.25, -0.2) is 5.11 Å². The minimum absolute atomic E-state index is 0.00521. The topological polar surface area (TPSA) is 19.9 Å². The van der Waals surface area contributed by atoms with Crippen LogP contribution in [-0.4, -0.2) is 6.10 Å². The first-order valence-electron chi connectivity index (χ1n) is 3.66. The molecule has 0 saturated carbocycles. The van der Waals surface area contributed by atoms with E-state index in [1.165, 1.54) is 0 Å². The van der Waals surface area contributed by atoms with Gasteiger partial charge >= 0.3 is 0 Å². The van der Waals surface area contributed by atoms with Crippen LogP contribution in [0.25, 0.3) is 0 Å². The van der Waals surface area contributed by atoms with Gasteiger partial charge in [-0.1, -0.05) is 27.2 Å². The summed E-state index contributed by atoms with van der Waals surface area (Å²) in [7, 11) is 0. The van der Waals surface area contributed by atoms with Crippen molar-refractivity contribution in [2.24, 2.45) is 5.41 Å². The summed E-state index contributed by atoms with van der Waals surface area (Å²) in [4.78, 5) is 0. The zero-order valence-corrected chi connectivity index (χ0v) is 6.90. The first-order chi connectivity index (χ1) is 4.00. The largest absolute Gasteiger partial charge is 0.233 e. The molecular weight excluding hydrogens is 112 g/mol. The Bertz CT molecular complexity index is 74.6. The fourth-order valence-electron chi connectivity index (χ4n) is 0.848. The fourth-order valence-corrected chi connectivity index (χ4v) is 0.848. The van der Waals surface area contributed by atoms with Gasteiger partial charge in [-0.2, -0.15) is 0 Å². The van der Waals surface area contributed by atoms with Crippen molar-refractivity contribution in [2.45, 2.75) is 46.6 Å². The number of hydrogen-bond donors (Lipinski definition) is 0. The van der Waals surface area contributed by atoms with Crippen LogP contribution in [0, 0.1) is 5.41 Å². The Hall–Kier alpha value is -0.0400. The van der Waals surface area contributed by atoms with E-state index in [1.54, 1.807) is 6.92 Å². The first-order valence-corrected chi connectivity index (χ1v) is 3.66. The Morgan fingerprint density at radius 1 is 1.44 bits per heavy atom. The van der Waals surface area contributed by atoms with Gasteiger partial charge in [0.15, 0.2) is 0 Å². The molecule has 0 fully saturated rings. The van der Waals surface area contributed by atoms with Crippen molar-refractivity contribution in [3.05, 3.63) is 0 Å². The lowest BCUT2D eigenvalue weighted by Crippen LogP contribution is -2.24. The molecule has 0 aromatic carbocycles. The molecule has 9 heavy (non-hydrogen) atoms. The van der Waals surface area contributed by atoms with Crippen LogP contribution in [0.1, 0.15) is 40.5 Å². The molecule has 55 valence electrons. The van der Waals surface area contributed by atoms with Crippen molar-refractivity contribution in [1.82, 2.24) is 0 Å². The lowest BCUT2D eigenvalue weighted by Gasteiger charge is -2.25. The molecule has 0 amide bonds. The molecule has 1 atom stereocenters. The Kier molecular flexibility index (Phi) is 3.20. The fraction of sp³-hybridized carbons (Fsp3) is 1.00. The van der Waals surface area contributed by atoms with E-state index in [0.717, 1.165) is 12.8 Å². The standard InChI is InChI=1S/C8H17O/c1-5-6-8(3,4)7(2)9/h7H,5-6H2,1-4H3. The van der Waals surface area contributed by atoms with E-state index in [1.807, 2.05) is 13.8 Å². The van der Waals surface area contributed by atoms with E-state index in [-0.39, 0.29) is 5.41 Å². The van der Waals surface area contributed by atoms with Crippen molar-refractivity contribution >= 4 is 0 Å². The summed E-state index contributed by atoms with van der Waals surface area (Å²) in [6, 6.07) is 0. The Balaban J connectivity index is 3.70. The predicted octanol–water partition coefficient (Wildman–Crippen LogP) is 2.63. The van der Waals surface area contributed by atoms with Gasteiger partial charge in [0.2, 0.25) is 0 Å². The smallest absolute Gasteiger partial charge is 0.0952 e. The van der Waals surface area contributed by atoms with Crippen molar-refractivity contribution < 1.29 is 5.11 Å². The molecule has 1 radical (unpaired) electrons. The zero-order chi connectivity index (χ0) is 7.49. The maximum absolute atomic E-state index is 10.9. The van der Waals surface area contributed by atoms with Crippen LogP contribution in [0.4, 0.5) is 0 Å². The highest BCUT2D eigenvalue weighted by Gasteiger charge is 2.23. The molecule has 0 aromatic heterocycles. The predicted molar refractivity (Wildman–Crippen MR) is 38.8 cm³/mol. The molecule has 1 nitrogen and oxygen atoms in total. The molecule has 0 rings (SSSR count). The summed E-state index contributed by atoms with van der Waals surface area (Å²) in [6.45, 7) is 7.93. The zero-order valence-electron chi connectivity index (χ0n) is 6.90. The van der Waals surface area contributed by atoms with E-state index in [9.17, 15) is 5.11 Å². The van der Waals surface area contributed by atoms with Gasteiger partial charge in [0.25, 0.3) is 0 Å². The summed E-state index contributed by atoms with van der Waals surface area (Å²) >= 11 is 0. The van der Waals surface area contributed by atoms with Crippen LogP contribution in [0.3, 0.4) is 0 Å². The molecule has 0 aliphatic carbocycles. The van der Waals surface area contributed by atoms with Gasteiger partial charge < -0.3 is 0 Å². The van der Waals surface area contributed by atoms with Crippen molar-refractivity contribution in [3.63, 3.8) is 0 Å². The summed E-state index contributed by atoms with van der Waals surface area (Å²) < 4.78 is 0. The van der Waals surface area contributed by atoms with Gasteiger partial charge in [0, 0.05) is 0 Å². The first kappa shape index (κ1) is 8.96. The maximum atomic E-state index is 10.9. The quantitative estimate of drug-likeness (QED) is 0.558. The van der Waals surface area contributed by atoms with E-state index < -0.39 is 6.10 Å². The molecule has 0 aliphatic heterocycles.